The van der Waals surface area contributed by atoms with Gasteiger partial charge in [-0.1, -0.05) is 12.1 Å². The zero-order chi connectivity index (χ0) is 12.8. The summed E-state index contributed by atoms with van der Waals surface area (Å²) < 4.78 is 0. The van der Waals surface area contributed by atoms with Crippen LogP contribution in [0.2, 0.25) is 0 Å². The van der Waals surface area contributed by atoms with E-state index >= 15 is 0 Å². The summed E-state index contributed by atoms with van der Waals surface area (Å²) in [5, 5.41) is 28.7. The van der Waals surface area contributed by atoms with E-state index in [9.17, 15) is 20.2 Å². The first-order valence-corrected chi connectivity index (χ1v) is 4.14. The van der Waals surface area contributed by atoms with Crippen LogP contribution < -0.4 is 5.73 Å². The van der Waals surface area contributed by atoms with Crippen molar-refractivity contribution < 1.29 is 9.96 Å². The van der Waals surface area contributed by atoms with Crippen LogP contribution in [0.1, 0.15) is 0 Å². The summed E-state index contributed by atoms with van der Waals surface area (Å²) in [7, 11) is 0. The van der Waals surface area contributed by atoms with Crippen molar-refractivity contribution >= 4 is 17.3 Å². The Labute approximate surface area is 93.8 Å². The second-order valence-corrected chi connectivity index (χ2v) is 2.64. The third kappa shape index (κ3) is 3.62. The Morgan fingerprint density at radius 2 is 1.88 bits per heavy atom. The van der Waals surface area contributed by atoms with Gasteiger partial charge in [-0.3, -0.25) is 10.1 Å². The van der Waals surface area contributed by atoms with Crippen LogP contribution in [0.5, 0.6) is 0 Å². The maximum absolute atomic E-state index is 10.6. The minimum absolute atomic E-state index is 0.0704. The molecule has 0 aliphatic rings. The van der Waals surface area contributed by atoms with Gasteiger partial charge in [-0.15, -0.1) is 10.2 Å². The summed E-state index contributed by atoms with van der Waals surface area (Å²) in [5.74, 6) is -0.701. The van der Waals surface area contributed by atoms with Crippen LogP contribution in [-0.2, 0) is 0 Å². The molecule has 10 heteroatoms. The molecule has 1 rings (SSSR count). The van der Waals surface area contributed by atoms with E-state index in [-0.39, 0.29) is 11.4 Å². The normalized spacial score (nSPS) is 11.6. The minimum atomic E-state index is -1.05. The molecule has 1 aromatic rings. The minimum Gasteiger partial charge on any atom is -0.362 e. The molecule has 0 amide bonds. The van der Waals surface area contributed by atoms with Crippen molar-refractivity contribution in [1.29, 1.82) is 0 Å². The molecule has 0 saturated carbocycles. The van der Waals surface area contributed by atoms with Crippen molar-refractivity contribution in [3.63, 3.8) is 0 Å². The van der Waals surface area contributed by atoms with Crippen LogP contribution in [0.15, 0.2) is 39.6 Å². The lowest BCUT2D eigenvalue weighted by atomic mass is 10.3. The average Bonchev–Trinajstić information content (AvgIpc) is 2.25. The number of nitrogens with two attached hydrogens (primary N) is 1. The number of guanidine groups is 1. The van der Waals surface area contributed by atoms with Gasteiger partial charge in [-0.2, -0.15) is 0 Å². The van der Waals surface area contributed by atoms with E-state index in [1.165, 1.54) is 24.3 Å². The SMILES string of the molecule is NC(N=Nc1ccccc1[N+](=O)[O-])=N[N+](=O)[O-]. The number of nitro benzene ring substituents is 1. The standard InChI is InChI=1S/C7H6N6O4/c8-7(11-13(16)17)10-9-5-3-1-2-4-6(5)12(14)15/h1-4H,(H2,8,11). The van der Waals surface area contributed by atoms with Crippen molar-refractivity contribution in [2.75, 3.05) is 0 Å². The van der Waals surface area contributed by atoms with Gasteiger partial charge in [0.2, 0.25) is 0 Å². The Bertz CT molecular complexity index is 511. The van der Waals surface area contributed by atoms with Crippen LogP contribution in [0.25, 0.3) is 0 Å². The third-order valence-electron chi connectivity index (χ3n) is 1.52. The van der Waals surface area contributed by atoms with Crippen molar-refractivity contribution in [1.82, 2.24) is 0 Å². The topological polar surface area (TPSA) is 149 Å². The lowest BCUT2D eigenvalue weighted by Gasteiger charge is -1.93. The van der Waals surface area contributed by atoms with Crippen molar-refractivity contribution in [3.8, 4) is 0 Å². The lowest BCUT2D eigenvalue weighted by molar-refractivity contribution is -0.485. The van der Waals surface area contributed by atoms with Gasteiger partial charge < -0.3 is 5.73 Å². The molecule has 17 heavy (non-hydrogen) atoms. The maximum Gasteiger partial charge on any atom is 0.310 e. The summed E-state index contributed by atoms with van der Waals surface area (Å²) in [5.41, 5.74) is 4.67. The fraction of sp³-hybridized carbons (Fsp3) is 0. The van der Waals surface area contributed by atoms with E-state index in [4.69, 9.17) is 5.73 Å². The van der Waals surface area contributed by atoms with Gasteiger partial charge in [0.15, 0.2) is 10.7 Å². The van der Waals surface area contributed by atoms with E-state index in [2.05, 4.69) is 15.3 Å². The molecule has 1 aromatic carbocycles. The highest BCUT2D eigenvalue weighted by Crippen LogP contribution is 2.26. The van der Waals surface area contributed by atoms with Gasteiger partial charge in [0.25, 0.3) is 5.69 Å². The predicted octanol–water partition coefficient (Wildman–Crippen LogP) is 1.18. The molecule has 0 aliphatic carbocycles. The van der Waals surface area contributed by atoms with Crippen LogP contribution >= 0.6 is 0 Å². The number of hydrogen-bond donors (Lipinski definition) is 1. The zero-order valence-electron chi connectivity index (χ0n) is 8.26. The van der Waals surface area contributed by atoms with Crippen LogP contribution in [-0.4, -0.2) is 15.9 Å². The van der Waals surface area contributed by atoms with Gasteiger partial charge in [0.1, 0.15) is 5.10 Å². The molecule has 0 spiro atoms. The van der Waals surface area contributed by atoms with Crippen LogP contribution in [0.3, 0.4) is 0 Å². The Hall–Kier alpha value is -2.91. The Morgan fingerprint density at radius 3 is 2.47 bits per heavy atom. The molecule has 0 bridgehead atoms. The summed E-state index contributed by atoms with van der Waals surface area (Å²) in [6.07, 6.45) is 0. The molecule has 10 nitrogen and oxygen atoms in total. The van der Waals surface area contributed by atoms with E-state index in [0.29, 0.717) is 0 Å². The second-order valence-electron chi connectivity index (χ2n) is 2.64. The highest BCUT2D eigenvalue weighted by atomic mass is 16.7. The van der Waals surface area contributed by atoms with E-state index in [0.717, 1.165) is 0 Å². The monoisotopic (exact) mass is 238 g/mol. The van der Waals surface area contributed by atoms with Crippen LogP contribution in [0, 0.1) is 20.2 Å². The van der Waals surface area contributed by atoms with E-state index in [1.54, 1.807) is 0 Å². The number of hydrazone groups is 1. The van der Waals surface area contributed by atoms with Crippen molar-refractivity contribution in [2.24, 2.45) is 21.1 Å². The third-order valence-corrected chi connectivity index (χ3v) is 1.52. The molecule has 0 atom stereocenters. The van der Waals surface area contributed by atoms with Gasteiger partial charge in [-0.25, -0.2) is 10.1 Å². The summed E-state index contributed by atoms with van der Waals surface area (Å²) in [6.45, 7) is 0. The quantitative estimate of drug-likeness (QED) is 0.275. The van der Waals surface area contributed by atoms with Gasteiger partial charge in [-0.05, 0) is 6.07 Å². The lowest BCUT2D eigenvalue weighted by Crippen LogP contribution is -2.09. The molecule has 0 unspecified atom stereocenters. The zero-order valence-corrected chi connectivity index (χ0v) is 8.26. The summed E-state index contributed by atoms with van der Waals surface area (Å²) >= 11 is 0. The molecule has 0 aromatic heterocycles. The smallest absolute Gasteiger partial charge is 0.310 e. The van der Waals surface area contributed by atoms with Crippen molar-refractivity contribution in [2.45, 2.75) is 0 Å². The van der Waals surface area contributed by atoms with Gasteiger partial charge in [0.05, 0.1) is 4.92 Å². The molecule has 0 radical (unpaired) electrons. The van der Waals surface area contributed by atoms with E-state index < -0.39 is 15.9 Å². The molecule has 0 saturated heterocycles. The first-order valence-electron chi connectivity index (χ1n) is 4.14. The number of benzene rings is 1. The highest BCUT2D eigenvalue weighted by molar-refractivity contribution is 5.78. The molecule has 2 N–H and O–H groups in total. The number of nitrogens with zero attached hydrogens (tertiary/aromatic N) is 5. The fourth-order valence-electron chi connectivity index (χ4n) is 0.912. The number of para-hydroxylation sites is 1. The van der Waals surface area contributed by atoms with Gasteiger partial charge in [0, 0.05) is 6.07 Å². The van der Waals surface area contributed by atoms with Crippen LogP contribution in [0.4, 0.5) is 11.4 Å². The summed E-state index contributed by atoms with van der Waals surface area (Å²) in [6, 6.07) is 5.49. The molecule has 0 fully saturated rings. The first kappa shape index (κ1) is 12.2. The molecular formula is C7H6N6O4. The molecule has 0 aliphatic heterocycles. The first-order chi connectivity index (χ1) is 8.00. The number of hydrogen-bond acceptors (Lipinski definition) is 5. The largest absolute Gasteiger partial charge is 0.362 e. The highest BCUT2D eigenvalue weighted by Gasteiger charge is 2.11. The average molecular weight is 238 g/mol. The predicted molar refractivity (Wildman–Crippen MR) is 56.2 cm³/mol. The number of rotatable bonds is 3. The molecule has 88 valence electrons. The summed E-state index contributed by atoms with van der Waals surface area (Å²) in [4.78, 5) is 19.8. The fourth-order valence-corrected chi connectivity index (χ4v) is 0.912. The maximum atomic E-state index is 10.6. The van der Waals surface area contributed by atoms with Crippen molar-refractivity contribution in [3.05, 3.63) is 44.5 Å². The second kappa shape index (κ2) is 5.25. The molecule has 0 heterocycles. The number of nitro groups is 2. The Morgan fingerprint density at radius 1 is 1.24 bits per heavy atom. The molecular weight excluding hydrogens is 232 g/mol. The number of azo groups is 1. The Kier molecular flexibility index (Phi) is 3.76. The Balaban J connectivity index is 2.99. The van der Waals surface area contributed by atoms with Gasteiger partial charge >= 0.3 is 5.96 Å². The van der Waals surface area contributed by atoms with E-state index in [1.807, 2.05) is 0 Å².